The van der Waals surface area contributed by atoms with Gasteiger partial charge in [0.2, 0.25) is 5.78 Å². The number of phenols is 1. The summed E-state index contributed by atoms with van der Waals surface area (Å²) >= 11 is 0. The summed E-state index contributed by atoms with van der Waals surface area (Å²) in [5.74, 6) is -6.58. The molecule has 0 spiro atoms. The highest BCUT2D eigenvalue weighted by molar-refractivity contribution is 6.25. The van der Waals surface area contributed by atoms with Gasteiger partial charge in [-0.3, -0.25) is 19.3 Å². The molecule has 6 rings (SSSR count). The fourth-order valence-corrected chi connectivity index (χ4v) is 7.10. The molecule has 0 aliphatic heterocycles. The molecule has 3 aliphatic rings. The van der Waals surface area contributed by atoms with E-state index in [4.69, 9.17) is 15.9 Å². The number of nitrogens with zero attached hydrogens (tertiary/aromatic N) is 2. The third-order valence-corrected chi connectivity index (χ3v) is 9.01. The largest absolute Gasteiger partial charge is 0.508 e. The number of benzene rings is 2. The number of aliphatic hydroxyl groups is 3. The molecule has 1 heterocycles. The molecule has 12 nitrogen and oxygen atoms in total. The second-order valence-electron chi connectivity index (χ2n) is 12.0. The highest BCUT2D eigenvalue weighted by Gasteiger charge is 2.67. The average molecular weight is 589 g/mol. The van der Waals surface area contributed by atoms with E-state index < -0.39 is 63.2 Å². The van der Waals surface area contributed by atoms with Crippen molar-refractivity contribution in [3.05, 3.63) is 64.4 Å². The smallest absolute Gasteiger partial charge is 0.255 e. The van der Waals surface area contributed by atoms with Gasteiger partial charge >= 0.3 is 0 Å². The zero-order chi connectivity index (χ0) is 31.3. The Morgan fingerprint density at radius 2 is 1.74 bits per heavy atom. The van der Waals surface area contributed by atoms with Crippen LogP contribution in [-0.4, -0.2) is 88.2 Å². The Morgan fingerprint density at radius 3 is 2.35 bits per heavy atom. The fraction of sp³-hybridized carbons (Fsp3) is 0.323. The van der Waals surface area contributed by atoms with Gasteiger partial charge in [-0.05, 0) is 50.7 Å². The van der Waals surface area contributed by atoms with Crippen molar-refractivity contribution in [2.24, 2.45) is 17.4 Å². The Hall–Kier alpha value is -4.65. The van der Waals surface area contributed by atoms with Gasteiger partial charge in [0.15, 0.2) is 11.4 Å². The third kappa shape index (κ3) is 3.70. The van der Waals surface area contributed by atoms with Gasteiger partial charge in [0, 0.05) is 31.1 Å². The number of hydrogen-bond acceptors (Lipinski definition) is 11. The number of amides is 1. The van der Waals surface area contributed by atoms with Crippen LogP contribution < -0.4 is 16.4 Å². The van der Waals surface area contributed by atoms with E-state index in [1.54, 1.807) is 37.2 Å². The number of carbonyl (C=O) groups is 3. The van der Waals surface area contributed by atoms with Gasteiger partial charge in [0.25, 0.3) is 5.91 Å². The number of anilines is 1. The Morgan fingerprint density at radius 1 is 1.07 bits per heavy atom. The third-order valence-electron chi connectivity index (χ3n) is 9.01. The molecule has 2 aromatic carbocycles. The molecular formula is C31H32N4O8. The lowest BCUT2D eigenvalue weighted by molar-refractivity contribution is -0.154. The van der Waals surface area contributed by atoms with Gasteiger partial charge in [0.1, 0.15) is 34.2 Å². The standard InChI is InChI=1S/C31H32N4O8/c1-34(2)17-10-14(19-9-13-7-5-6-8-18(13)43-19)24(36)20-15(17)11-30(33)12-16-23(35(3)4)26(38)21(29(32)41)27(39)31(16,42)28(40)22(30)25(20)37/h5-10,16,23,36-37,39,42H,11-12,33H2,1-4H3,(H2,32,41)/t16-,23-,30+,31+/m0/s1. The maximum atomic E-state index is 14.3. The van der Waals surface area contributed by atoms with Crippen LogP contribution in [0.3, 0.4) is 0 Å². The van der Waals surface area contributed by atoms with Crippen molar-refractivity contribution in [2.45, 2.75) is 30.0 Å². The summed E-state index contributed by atoms with van der Waals surface area (Å²) in [7, 11) is 6.60. The van der Waals surface area contributed by atoms with Crippen LogP contribution in [-0.2, 0) is 20.8 Å². The van der Waals surface area contributed by atoms with Crippen LogP contribution in [0.1, 0.15) is 17.5 Å². The molecule has 1 aromatic heterocycles. The van der Waals surface area contributed by atoms with Crippen molar-refractivity contribution < 1.29 is 39.2 Å². The lowest BCUT2D eigenvalue weighted by Crippen LogP contribution is -2.70. The number of phenolic OH excluding ortho intramolecular Hbond substituents is 1. The van der Waals surface area contributed by atoms with Gasteiger partial charge in [-0.2, -0.15) is 0 Å². The Kier molecular flexibility index (Phi) is 6.07. The Labute approximate surface area is 246 Å². The molecule has 1 fully saturated rings. The first kappa shape index (κ1) is 28.5. The number of Topliss-reactive ketones (excluding diaryl/α,β-unsaturated/α-hetero) is 2. The van der Waals surface area contributed by atoms with Crippen LogP contribution in [0.5, 0.6) is 5.75 Å². The minimum Gasteiger partial charge on any atom is -0.508 e. The quantitative estimate of drug-likeness (QED) is 0.241. The number of fused-ring (bicyclic) bond motifs is 4. The first-order valence-electron chi connectivity index (χ1n) is 13.6. The van der Waals surface area contributed by atoms with E-state index in [2.05, 4.69) is 0 Å². The number of para-hydroxylation sites is 1. The molecule has 4 atom stereocenters. The van der Waals surface area contributed by atoms with Crippen LogP contribution in [0, 0.1) is 5.92 Å². The summed E-state index contributed by atoms with van der Waals surface area (Å²) in [6, 6.07) is 9.48. The van der Waals surface area contributed by atoms with Crippen LogP contribution >= 0.6 is 0 Å². The first-order valence-corrected chi connectivity index (χ1v) is 13.6. The van der Waals surface area contributed by atoms with Crippen LogP contribution in [0.25, 0.3) is 28.1 Å². The molecule has 1 saturated carbocycles. The maximum Gasteiger partial charge on any atom is 0.255 e. The number of likely N-dealkylation sites (N-methyl/N-ethyl adjacent to an activating group) is 1. The van der Waals surface area contributed by atoms with E-state index in [-0.39, 0.29) is 29.7 Å². The summed E-state index contributed by atoms with van der Waals surface area (Å²) in [4.78, 5) is 43.0. The van der Waals surface area contributed by atoms with Crippen molar-refractivity contribution in [3.8, 4) is 17.1 Å². The number of carbonyl (C=O) groups excluding carboxylic acids is 3. The van der Waals surface area contributed by atoms with E-state index in [0.29, 0.717) is 22.6 Å². The van der Waals surface area contributed by atoms with E-state index in [1.165, 1.54) is 19.0 Å². The predicted octanol–water partition coefficient (Wildman–Crippen LogP) is 1.52. The lowest BCUT2D eigenvalue weighted by Gasteiger charge is -2.53. The van der Waals surface area contributed by atoms with E-state index >= 15 is 0 Å². The highest BCUT2D eigenvalue weighted by atomic mass is 16.4. The fourth-order valence-electron chi connectivity index (χ4n) is 7.10. The second kappa shape index (κ2) is 9.17. The SMILES string of the molecule is CN(C)c1cc(-c2cc3ccccc3o2)c(O)c2c1C[C@@]1(N)C[C@H]3[C@H](N(C)C)C(=O)C(C(N)=O)=C(O)[C@@]3(O)C(=O)C1=C2O. The van der Waals surface area contributed by atoms with Crippen LogP contribution in [0.15, 0.2) is 57.7 Å². The molecule has 0 bridgehead atoms. The van der Waals surface area contributed by atoms with Crippen LogP contribution in [0.2, 0.25) is 0 Å². The molecule has 12 heteroatoms. The first-order chi connectivity index (χ1) is 20.1. The minimum absolute atomic E-state index is 0.0664. The number of hydrogen-bond donors (Lipinski definition) is 6. The number of rotatable bonds is 4. The number of ketones is 2. The molecule has 43 heavy (non-hydrogen) atoms. The van der Waals surface area contributed by atoms with Crippen molar-refractivity contribution in [3.63, 3.8) is 0 Å². The van der Waals surface area contributed by atoms with E-state index in [1.807, 2.05) is 18.2 Å². The zero-order valence-corrected chi connectivity index (χ0v) is 24.0. The molecule has 1 amide bonds. The zero-order valence-electron chi connectivity index (χ0n) is 24.0. The summed E-state index contributed by atoms with van der Waals surface area (Å²) in [6.45, 7) is 0. The summed E-state index contributed by atoms with van der Waals surface area (Å²) in [6.07, 6.45) is -0.305. The van der Waals surface area contributed by atoms with Gasteiger partial charge in [-0.15, -0.1) is 0 Å². The van der Waals surface area contributed by atoms with Gasteiger partial charge in [-0.25, -0.2) is 0 Å². The van der Waals surface area contributed by atoms with Crippen molar-refractivity contribution in [2.75, 3.05) is 33.1 Å². The maximum absolute atomic E-state index is 14.3. The summed E-state index contributed by atoms with van der Waals surface area (Å²) < 4.78 is 6.00. The van der Waals surface area contributed by atoms with Gasteiger partial charge in [0.05, 0.1) is 28.3 Å². The van der Waals surface area contributed by atoms with E-state index in [9.17, 15) is 34.8 Å². The number of aliphatic hydroxyl groups excluding tert-OH is 2. The number of aromatic hydroxyl groups is 1. The normalized spacial score (nSPS) is 27.0. The average Bonchev–Trinajstić information content (AvgIpc) is 3.34. The monoisotopic (exact) mass is 588 g/mol. The Balaban J connectivity index is 1.63. The Bertz CT molecular complexity index is 1800. The van der Waals surface area contributed by atoms with Crippen molar-refractivity contribution in [1.82, 2.24) is 4.90 Å². The molecule has 0 saturated heterocycles. The molecule has 0 radical (unpaired) electrons. The lowest BCUT2D eigenvalue weighted by atomic mass is 9.55. The minimum atomic E-state index is -2.80. The molecule has 8 N–H and O–H groups in total. The molecule has 3 aliphatic carbocycles. The number of furan rings is 1. The molecule has 224 valence electrons. The molecule has 3 aromatic rings. The molecule has 0 unspecified atom stereocenters. The van der Waals surface area contributed by atoms with Gasteiger partial charge in [-0.1, -0.05) is 18.2 Å². The van der Waals surface area contributed by atoms with Gasteiger partial charge < -0.3 is 41.2 Å². The summed E-state index contributed by atoms with van der Waals surface area (Å²) in [5.41, 5.74) is 8.30. The molecular weight excluding hydrogens is 556 g/mol. The highest BCUT2D eigenvalue weighted by Crippen LogP contribution is 2.55. The van der Waals surface area contributed by atoms with Crippen LogP contribution in [0.4, 0.5) is 5.69 Å². The number of primary amides is 1. The predicted molar refractivity (Wildman–Crippen MR) is 157 cm³/mol. The number of nitrogens with two attached hydrogens (primary N) is 2. The van der Waals surface area contributed by atoms with E-state index in [0.717, 1.165) is 5.39 Å². The van der Waals surface area contributed by atoms with Crippen molar-refractivity contribution in [1.29, 1.82) is 0 Å². The second-order valence-corrected chi connectivity index (χ2v) is 12.0. The summed E-state index contributed by atoms with van der Waals surface area (Å²) in [5, 5.41) is 47.1. The topological polar surface area (TPSA) is 204 Å². The van der Waals surface area contributed by atoms with Crippen molar-refractivity contribution >= 4 is 39.9 Å².